The van der Waals surface area contributed by atoms with Gasteiger partial charge in [-0.2, -0.15) is 0 Å². The van der Waals surface area contributed by atoms with Gasteiger partial charge in [0.15, 0.2) is 0 Å². The highest BCUT2D eigenvalue weighted by atomic mass is 19.1. The van der Waals surface area contributed by atoms with E-state index in [1.807, 2.05) is 19.1 Å². The van der Waals surface area contributed by atoms with E-state index < -0.39 is 6.04 Å². The van der Waals surface area contributed by atoms with Crippen LogP contribution in [-0.4, -0.2) is 43.0 Å². The summed E-state index contributed by atoms with van der Waals surface area (Å²) in [5, 5.41) is 6.02. The molecule has 6 heteroatoms. The Morgan fingerprint density at radius 1 is 1.21 bits per heavy atom. The van der Waals surface area contributed by atoms with Crippen molar-refractivity contribution in [2.45, 2.75) is 13.0 Å². The van der Waals surface area contributed by atoms with Crippen LogP contribution in [0.3, 0.4) is 0 Å². The summed E-state index contributed by atoms with van der Waals surface area (Å²) in [4.78, 5) is 18.4. The first-order valence-electron chi connectivity index (χ1n) is 7.84. The molecular weight excluding hydrogens is 307 g/mol. The standard InChI is InChI=1S/C18H23FN4O/c1-13-7-6-10-20-17(13)21-11-12-22-18(24)16(23(2)3)14-8-4-5-9-15(14)19/h4-10,16H,11-12H2,1-3H3,(H,20,21)(H,22,24)/t16-/m1/s1. The van der Waals surface area contributed by atoms with Gasteiger partial charge in [-0.15, -0.1) is 0 Å². The van der Waals surface area contributed by atoms with E-state index in [4.69, 9.17) is 0 Å². The number of benzene rings is 1. The zero-order valence-corrected chi connectivity index (χ0v) is 14.2. The molecule has 128 valence electrons. The second kappa shape index (κ2) is 8.40. The van der Waals surface area contributed by atoms with Gasteiger partial charge in [-0.3, -0.25) is 9.69 Å². The second-order valence-electron chi connectivity index (χ2n) is 5.77. The van der Waals surface area contributed by atoms with Crippen LogP contribution in [0.25, 0.3) is 0 Å². The van der Waals surface area contributed by atoms with E-state index in [2.05, 4.69) is 15.6 Å². The molecule has 24 heavy (non-hydrogen) atoms. The molecule has 1 heterocycles. The minimum absolute atomic E-state index is 0.232. The van der Waals surface area contributed by atoms with Crippen molar-refractivity contribution in [1.82, 2.24) is 15.2 Å². The smallest absolute Gasteiger partial charge is 0.242 e. The van der Waals surface area contributed by atoms with Gasteiger partial charge in [-0.05, 0) is 38.7 Å². The van der Waals surface area contributed by atoms with Crippen molar-refractivity contribution in [3.63, 3.8) is 0 Å². The number of aromatic nitrogens is 1. The number of carbonyl (C=O) groups is 1. The van der Waals surface area contributed by atoms with Gasteiger partial charge >= 0.3 is 0 Å². The average Bonchev–Trinajstić information content (AvgIpc) is 2.55. The van der Waals surface area contributed by atoms with Gasteiger partial charge in [0.2, 0.25) is 5.91 Å². The highest BCUT2D eigenvalue weighted by molar-refractivity contribution is 5.83. The lowest BCUT2D eigenvalue weighted by atomic mass is 10.0. The summed E-state index contributed by atoms with van der Waals surface area (Å²) < 4.78 is 14.0. The van der Waals surface area contributed by atoms with Crippen molar-refractivity contribution in [2.75, 3.05) is 32.5 Å². The minimum atomic E-state index is -0.664. The number of halogens is 1. The number of nitrogens with one attached hydrogen (secondary N) is 2. The fourth-order valence-electron chi connectivity index (χ4n) is 2.48. The first-order valence-corrected chi connectivity index (χ1v) is 7.84. The number of hydrogen-bond donors (Lipinski definition) is 2. The zero-order valence-electron chi connectivity index (χ0n) is 14.2. The molecule has 2 rings (SSSR count). The lowest BCUT2D eigenvalue weighted by Gasteiger charge is -2.24. The van der Waals surface area contributed by atoms with Gasteiger partial charge < -0.3 is 10.6 Å². The van der Waals surface area contributed by atoms with E-state index in [-0.39, 0.29) is 11.7 Å². The fourth-order valence-corrected chi connectivity index (χ4v) is 2.48. The molecule has 1 atom stereocenters. The van der Waals surface area contributed by atoms with E-state index in [0.29, 0.717) is 18.7 Å². The molecule has 1 amide bonds. The van der Waals surface area contributed by atoms with E-state index >= 15 is 0 Å². The third-order valence-corrected chi connectivity index (χ3v) is 3.69. The number of hydrogen-bond acceptors (Lipinski definition) is 4. The maximum Gasteiger partial charge on any atom is 0.242 e. The normalized spacial score (nSPS) is 12.0. The molecule has 0 radical (unpaired) electrons. The largest absolute Gasteiger partial charge is 0.368 e. The van der Waals surface area contributed by atoms with Crippen molar-refractivity contribution in [3.05, 3.63) is 59.5 Å². The molecule has 1 aromatic carbocycles. The Kier molecular flexibility index (Phi) is 6.26. The number of pyridine rings is 1. The molecule has 0 aliphatic rings. The summed E-state index contributed by atoms with van der Waals surface area (Å²) in [6, 6.07) is 9.52. The molecule has 2 aromatic rings. The first-order chi connectivity index (χ1) is 11.5. The van der Waals surface area contributed by atoms with E-state index in [0.717, 1.165) is 11.4 Å². The van der Waals surface area contributed by atoms with Crippen LogP contribution in [0.2, 0.25) is 0 Å². The Morgan fingerprint density at radius 3 is 2.62 bits per heavy atom. The van der Waals surface area contributed by atoms with Crippen LogP contribution in [0.15, 0.2) is 42.6 Å². The van der Waals surface area contributed by atoms with Crippen LogP contribution < -0.4 is 10.6 Å². The van der Waals surface area contributed by atoms with Gasteiger partial charge in [0.05, 0.1) is 0 Å². The van der Waals surface area contributed by atoms with E-state index in [9.17, 15) is 9.18 Å². The van der Waals surface area contributed by atoms with Gasteiger partial charge in [0.25, 0.3) is 0 Å². The van der Waals surface area contributed by atoms with Crippen LogP contribution in [0, 0.1) is 12.7 Å². The third-order valence-electron chi connectivity index (χ3n) is 3.69. The number of amides is 1. The summed E-state index contributed by atoms with van der Waals surface area (Å²) in [7, 11) is 3.51. The Morgan fingerprint density at radius 2 is 1.96 bits per heavy atom. The summed E-state index contributed by atoms with van der Waals surface area (Å²) in [5.41, 5.74) is 1.41. The van der Waals surface area contributed by atoms with Crippen molar-refractivity contribution in [2.24, 2.45) is 0 Å². The summed E-state index contributed by atoms with van der Waals surface area (Å²) in [6.07, 6.45) is 1.72. The molecule has 0 saturated carbocycles. The third kappa shape index (κ3) is 4.52. The fraction of sp³-hybridized carbons (Fsp3) is 0.333. The van der Waals surface area contributed by atoms with E-state index in [1.165, 1.54) is 6.07 Å². The lowest BCUT2D eigenvalue weighted by Crippen LogP contribution is -2.39. The lowest BCUT2D eigenvalue weighted by molar-refractivity contribution is -0.125. The van der Waals surface area contributed by atoms with Gasteiger partial charge in [0, 0.05) is 24.8 Å². The highest BCUT2D eigenvalue weighted by Crippen LogP contribution is 2.21. The molecule has 0 aliphatic carbocycles. The molecule has 0 saturated heterocycles. The molecule has 0 fully saturated rings. The average molecular weight is 330 g/mol. The number of carbonyl (C=O) groups excluding carboxylic acids is 1. The molecule has 0 bridgehead atoms. The number of aryl methyl sites for hydroxylation is 1. The van der Waals surface area contributed by atoms with E-state index in [1.54, 1.807) is 43.4 Å². The summed E-state index contributed by atoms with van der Waals surface area (Å²) >= 11 is 0. The molecular formula is C18H23FN4O. The highest BCUT2D eigenvalue weighted by Gasteiger charge is 2.25. The molecule has 0 spiro atoms. The Balaban J connectivity index is 1.92. The predicted octanol–water partition coefficient (Wildman–Crippen LogP) is 2.36. The maximum absolute atomic E-state index is 14.0. The number of rotatable bonds is 7. The molecule has 2 N–H and O–H groups in total. The van der Waals surface area contributed by atoms with Crippen molar-refractivity contribution in [1.29, 1.82) is 0 Å². The Labute approximate surface area is 141 Å². The Bertz CT molecular complexity index is 690. The van der Waals surface area contributed by atoms with Gasteiger partial charge in [0.1, 0.15) is 17.7 Å². The van der Waals surface area contributed by atoms with Crippen molar-refractivity contribution >= 4 is 11.7 Å². The molecule has 5 nitrogen and oxygen atoms in total. The van der Waals surface area contributed by atoms with Crippen molar-refractivity contribution < 1.29 is 9.18 Å². The quantitative estimate of drug-likeness (QED) is 0.765. The predicted molar refractivity (Wildman–Crippen MR) is 93.3 cm³/mol. The Hall–Kier alpha value is -2.47. The summed E-state index contributed by atoms with van der Waals surface area (Å²) in [6.45, 7) is 2.93. The molecule has 0 aliphatic heterocycles. The monoisotopic (exact) mass is 330 g/mol. The topological polar surface area (TPSA) is 57.3 Å². The SMILES string of the molecule is Cc1cccnc1NCCNC(=O)[C@@H](c1ccccc1F)N(C)C. The van der Waals surface area contributed by atoms with Gasteiger partial charge in [-0.1, -0.05) is 24.3 Å². The molecule has 1 aromatic heterocycles. The maximum atomic E-state index is 14.0. The van der Waals surface area contributed by atoms with Crippen LogP contribution in [0.5, 0.6) is 0 Å². The molecule has 0 unspecified atom stereocenters. The number of nitrogens with zero attached hydrogens (tertiary/aromatic N) is 2. The van der Waals surface area contributed by atoms with Crippen LogP contribution in [0.1, 0.15) is 17.2 Å². The second-order valence-corrected chi connectivity index (χ2v) is 5.77. The van der Waals surface area contributed by atoms with Crippen LogP contribution in [0.4, 0.5) is 10.2 Å². The minimum Gasteiger partial charge on any atom is -0.368 e. The zero-order chi connectivity index (χ0) is 17.5. The number of anilines is 1. The summed E-state index contributed by atoms with van der Waals surface area (Å²) in [5.74, 6) is 0.184. The van der Waals surface area contributed by atoms with Crippen LogP contribution >= 0.6 is 0 Å². The van der Waals surface area contributed by atoms with Crippen LogP contribution in [-0.2, 0) is 4.79 Å². The van der Waals surface area contributed by atoms with Gasteiger partial charge in [-0.25, -0.2) is 9.37 Å². The number of likely N-dealkylation sites (N-methyl/N-ethyl adjacent to an activating group) is 1. The van der Waals surface area contributed by atoms with Crippen molar-refractivity contribution in [3.8, 4) is 0 Å². The first kappa shape index (κ1) is 17.9.